The quantitative estimate of drug-likeness (QED) is 0.804. The number of rotatable bonds is 1. The molecule has 21 heavy (non-hydrogen) atoms. The number of nitrogens with one attached hydrogen (secondary N) is 1. The SMILES string of the molecule is Cl.O=C(C1CC2CCCCC2N1)N1CCC2(CCOC2)C1. The van der Waals surface area contributed by atoms with E-state index in [1.807, 2.05) is 0 Å². The summed E-state index contributed by atoms with van der Waals surface area (Å²) >= 11 is 0. The second-order valence-corrected chi connectivity index (χ2v) is 7.42. The van der Waals surface area contributed by atoms with Crippen LogP contribution in [0.2, 0.25) is 0 Å². The summed E-state index contributed by atoms with van der Waals surface area (Å²) in [7, 11) is 0. The van der Waals surface area contributed by atoms with Crippen LogP contribution in [0.25, 0.3) is 0 Å². The highest BCUT2D eigenvalue weighted by Gasteiger charge is 2.46. The number of carbonyl (C=O) groups is 1. The molecule has 4 aliphatic rings. The molecule has 1 aliphatic carbocycles. The molecule has 4 unspecified atom stereocenters. The summed E-state index contributed by atoms with van der Waals surface area (Å²) in [4.78, 5) is 14.9. The molecule has 0 bridgehead atoms. The van der Waals surface area contributed by atoms with E-state index < -0.39 is 0 Å². The molecule has 0 radical (unpaired) electrons. The fourth-order valence-electron chi connectivity index (χ4n) is 4.83. The van der Waals surface area contributed by atoms with Gasteiger partial charge in [-0.1, -0.05) is 12.8 Å². The molecule has 0 aromatic carbocycles. The molecule has 4 fully saturated rings. The van der Waals surface area contributed by atoms with Crippen LogP contribution < -0.4 is 5.32 Å². The number of ether oxygens (including phenoxy) is 1. The van der Waals surface area contributed by atoms with Gasteiger partial charge in [-0.05, 0) is 38.0 Å². The van der Waals surface area contributed by atoms with Crippen LogP contribution in [-0.2, 0) is 9.53 Å². The van der Waals surface area contributed by atoms with Crippen LogP contribution >= 0.6 is 12.4 Å². The summed E-state index contributed by atoms with van der Waals surface area (Å²) in [6.45, 7) is 3.61. The van der Waals surface area contributed by atoms with E-state index >= 15 is 0 Å². The van der Waals surface area contributed by atoms with Gasteiger partial charge in [0.1, 0.15) is 0 Å². The molecule has 1 N–H and O–H groups in total. The van der Waals surface area contributed by atoms with Gasteiger partial charge in [-0.3, -0.25) is 4.79 Å². The van der Waals surface area contributed by atoms with E-state index in [0.717, 1.165) is 51.5 Å². The van der Waals surface area contributed by atoms with Crippen molar-refractivity contribution in [1.82, 2.24) is 10.2 Å². The lowest BCUT2D eigenvalue weighted by Gasteiger charge is -2.25. The molecule has 4 rings (SSSR count). The summed E-state index contributed by atoms with van der Waals surface area (Å²) in [6, 6.07) is 0.713. The van der Waals surface area contributed by atoms with Crippen molar-refractivity contribution in [2.45, 2.75) is 57.0 Å². The highest BCUT2D eigenvalue weighted by Crippen LogP contribution is 2.39. The second kappa shape index (κ2) is 6.05. The molecule has 1 amide bonds. The van der Waals surface area contributed by atoms with E-state index in [-0.39, 0.29) is 18.4 Å². The lowest BCUT2D eigenvalue weighted by atomic mass is 9.85. The Bertz CT molecular complexity index is 380. The Kier molecular flexibility index (Phi) is 4.49. The van der Waals surface area contributed by atoms with Gasteiger partial charge in [0, 0.05) is 31.2 Å². The molecule has 0 aromatic rings. The van der Waals surface area contributed by atoms with Crippen molar-refractivity contribution in [1.29, 1.82) is 0 Å². The second-order valence-electron chi connectivity index (χ2n) is 7.42. The molecular weight excluding hydrogens is 288 g/mol. The maximum absolute atomic E-state index is 12.8. The van der Waals surface area contributed by atoms with Gasteiger partial charge in [0.05, 0.1) is 12.6 Å². The molecule has 5 heteroatoms. The Balaban J connectivity index is 0.00000132. The Morgan fingerprint density at radius 2 is 2.10 bits per heavy atom. The Labute approximate surface area is 133 Å². The number of fused-ring (bicyclic) bond motifs is 1. The van der Waals surface area contributed by atoms with Crippen LogP contribution in [0.4, 0.5) is 0 Å². The topological polar surface area (TPSA) is 41.6 Å². The van der Waals surface area contributed by atoms with E-state index in [4.69, 9.17) is 4.74 Å². The number of carbonyl (C=O) groups excluding carboxylic acids is 1. The predicted molar refractivity (Wildman–Crippen MR) is 83.6 cm³/mol. The van der Waals surface area contributed by atoms with Crippen molar-refractivity contribution in [3.8, 4) is 0 Å². The summed E-state index contributed by atoms with van der Waals surface area (Å²) in [5.74, 6) is 1.12. The lowest BCUT2D eigenvalue weighted by Crippen LogP contribution is -2.45. The van der Waals surface area contributed by atoms with E-state index in [1.54, 1.807) is 0 Å². The Morgan fingerprint density at radius 3 is 2.86 bits per heavy atom. The van der Waals surface area contributed by atoms with Gasteiger partial charge >= 0.3 is 0 Å². The molecule has 4 nitrogen and oxygen atoms in total. The maximum atomic E-state index is 12.8. The molecule has 120 valence electrons. The standard InChI is InChI=1S/C16H26N2O2.ClH/c19-15(14-9-12-3-1-2-4-13(12)17-14)18-7-5-16(10-18)6-8-20-11-16;/h12-14,17H,1-11H2;1H. The van der Waals surface area contributed by atoms with E-state index in [9.17, 15) is 4.79 Å². The zero-order valence-electron chi connectivity index (χ0n) is 12.7. The average Bonchev–Trinajstić information content (AvgIpc) is 3.19. The third-order valence-electron chi connectivity index (χ3n) is 6.10. The summed E-state index contributed by atoms with van der Waals surface area (Å²) in [6.07, 6.45) is 8.63. The Morgan fingerprint density at radius 1 is 1.24 bits per heavy atom. The normalized spacial score (nSPS) is 42.1. The molecule has 0 aromatic heterocycles. The maximum Gasteiger partial charge on any atom is 0.239 e. The first-order valence-corrected chi connectivity index (χ1v) is 8.38. The third-order valence-corrected chi connectivity index (χ3v) is 6.10. The summed E-state index contributed by atoms with van der Waals surface area (Å²) in [5, 5.41) is 3.63. The minimum absolute atomic E-state index is 0. The first-order valence-electron chi connectivity index (χ1n) is 8.38. The zero-order chi connectivity index (χ0) is 13.6. The van der Waals surface area contributed by atoms with Crippen molar-refractivity contribution in [2.75, 3.05) is 26.3 Å². The van der Waals surface area contributed by atoms with Gasteiger partial charge in [0.25, 0.3) is 0 Å². The Hall–Kier alpha value is -0.320. The van der Waals surface area contributed by atoms with Gasteiger partial charge in [-0.2, -0.15) is 0 Å². The summed E-state index contributed by atoms with van der Waals surface area (Å²) < 4.78 is 5.56. The van der Waals surface area contributed by atoms with Crippen LogP contribution in [0.1, 0.15) is 44.9 Å². The fraction of sp³-hybridized carbons (Fsp3) is 0.938. The highest BCUT2D eigenvalue weighted by atomic mass is 35.5. The lowest BCUT2D eigenvalue weighted by molar-refractivity contribution is -0.132. The molecular formula is C16H27ClN2O2. The van der Waals surface area contributed by atoms with Crippen molar-refractivity contribution in [2.24, 2.45) is 11.3 Å². The molecule has 1 saturated carbocycles. The van der Waals surface area contributed by atoms with Gasteiger partial charge < -0.3 is 15.0 Å². The van der Waals surface area contributed by atoms with Gasteiger partial charge in [0.2, 0.25) is 5.91 Å². The minimum atomic E-state index is 0. The van der Waals surface area contributed by atoms with Gasteiger partial charge in [-0.15, -0.1) is 12.4 Å². The molecule has 3 heterocycles. The van der Waals surface area contributed by atoms with E-state index in [0.29, 0.717) is 17.4 Å². The van der Waals surface area contributed by atoms with Crippen LogP contribution in [0, 0.1) is 11.3 Å². The van der Waals surface area contributed by atoms with Crippen LogP contribution in [0.3, 0.4) is 0 Å². The first-order chi connectivity index (χ1) is 9.76. The number of hydrogen-bond acceptors (Lipinski definition) is 3. The number of amides is 1. The largest absolute Gasteiger partial charge is 0.381 e. The van der Waals surface area contributed by atoms with Crippen molar-refractivity contribution >= 4 is 18.3 Å². The van der Waals surface area contributed by atoms with Crippen LogP contribution in [-0.4, -0.2) is 49.2 Å². The highest BCUT2D eigenvalue weighted by molar-refractivity contribution is 5.85. The van der Waals surface area contributed by atoms with Crippen molar-refractivity contribution < 1.29 is 9.53 Å². The number of hydrogen-bond donors (Lipinski definition) is 1. The van der Waals surface area contributed by atoms with Crippen LogP contribution in [0.15, 0.2) is 0 Å². The number of likely N-dealkylation sites (tertiary alicyclic amines) is 1. The molecule has 3 aliphatic heterocycles. The molecule has 4 atom stereocenters. The van der Waals surface area contributed by atoms with Gasteiger partial charge in [-0.25, -0.2) is 0 Å². The third kappa shape index (κ3) is 2.82. The zero-order valence-corrected chi connectivity index (χ0v) is 13.5. The summed E-state index contributed by atoms with van der Waals surface area (Å²) in [5.41, 5.74) is 0.293. The van der Waals surface area contributed by atoms with E-state index in [1.165, 1.54) is 25.7 Å². The predicted octanol–water partition coefficient (Wildman–Crippen LogP) is 1.97. The fourth-order valence-corrected chi connectivity index (χ4v) is 4.83. The number of nitrogens with zero attached hydrogens (tertiary/aromatic N) is 1. The number of halogens is 1. The van der Waals surface area contributed by atoms with Crippen molar-refractivity contribution in [3.63, 3.8) is 0 Å². The smallest absolute Gasteiger partial charge is 0.239 e. The van der Waals surface area contributed by atoms with Crippen LogP contribution in [0.5, 0.6) is 0 Å². The molecule has 3 saturated heterocycles. The van der Waals surface area contributed by atoms with Gasteiger partial charge in [0.15, 0.2) is 0 Å². The minimum Gasteiger partial charge on any atom is -0.381 e. The first kappa shape index (κ1) is 15.6. The molecule has 1 spiro atoms. The average molecular weight is 315 g/mol. The van der Waals surface area contributed by atoms with Crippen molar-refractivity contribution in [3.05, 3.63) is 0 Å². The monoisotopic (exact) mass is 314 g/mol. The van der Waals surface area contributed by atoms with E-state index in [2.05, 4.69) is 10.2 Å².